The van der Waals surface area contributed by atoms with Crippen LogP contribution in [0.3, 0.4) is 0 Å². The second-order valence-electron chi connectivity index (χ2n) is 6.57. The number of aryl methyl sites for hydroxylation is 1. The van der Waals surface area contributed by atoms with Crippen molar-refractivity contribution in [2.24, 2.45) is 0 Å². The van der Waals surface area contributed by atoms with E-state index in [9.17, 15) is 19.7 Å². The van der Waals surface area contributed by atoms with Gasteiger partial charge in [-0.1, -0.05) is 36.4 Å². The molecule has 0 fully saturated rings. The van der Waals surface area contributed by atoms with E-state index >= 15 is 0 Å². The molecular formula is C22H20N4O4. The number of nitrogens with one attached hydrogen (secondary N) is 2. The van der Waals surface area contributed by atoms with Crippen molar-refractivity contribution in [1.29, 1.82) is 0 Å². The zero-order chi connectivity index (χ0) is 21.5. The second-order valence-corrected chi connectivity index (χ2v) is 6.57. The maximum absolute atomic E-state index is 12.5. The molecule has 0 aliphatic carbocycles. The van der Waals surface area contributed by atoms with Crippen LogP contribution in [0, 0.1) is 17.0 Å². The van der Waals surface area contributed by atoms with E-state index in [4.69, 9.17) is 0 Å². The molecule has 8 heteroatoms. The monoisotopic (exact) mass is 404 g/mol. The number of rotatable bonds is 8. The van der Waals surface area contributed by atoms with Crippen LogP contribution >= 0.6 is 0 Å². The fourth-order valence-corrected chi connectivity index (χ4v) is 2.86. The summed E-state index contributed by atoms with van der Waals surface area (Å²) < 4.78 is 0. The Kier molecular flexibility index (Phi) is 6.49. The van der Waals surface area contributed by atoms with Gasteiger partial charge < -0.3 is 10.6 Å². The number of aromatic nitrogens is 1. The highest BCUT2D eigenvalue weighted by Crippen LogP contribution is 2.26. The summed E-state index contributed by atoms with van der Waals surface area (Å²) in [6.45, 7) is 2.01. The molecule has 0 spiro atoms. The third-order valence-corrected chi connectivity index (χ3v) is 4.32. The number of amides is 1. The van der Waals surface area contributed by atoms with Gasteiger partial charge in [-0.15, -0.1) is 0 Å². The van der Waals surface area contributed by atoms with Crippen LogP contribution in [0.2, 0.25) is 0 Å². The predicted molar refractivity (Wildman–Crippen MR) is 114 cm³/mol. The van der Waals surface area contributed by atoms with E-state index in [2.05, 4.69) is 15.6 Å². The van der Waals surface area contributed by atoms with Crippen LogP contribution in [0.25, 0.3) is 0 Å². The average Bonchev–Trinajstić information content (AvgIpc) is 2.74. The Labute approximate surface area is 173 Å². The van der Waals surface area contributed by atoms with Gasteiger partial charge in [-0.25, -0.2) is 4.98 Å². The zero-order valence-electron chi connectivity index (χ0n) is 16.3. The van der Waals surface area contributed by atoms with Crippen LogP contribution in [0.4, 0.5) is 17.2 Å². The number of anilines is 2. The van der Waals surface area contributed by atoms with Gasteiger partial charge in [0.25, 0.3) is 5.69 Å². The first-order valence-electron chi connectivity index (χ1n) is 9.29. The first-order chi connectivity index (χ1) is 14.4. The number of hydrogen-bond acceptors (Lipinski definition) is 6. The molecule has 1 amide bonds. The Balaban J connectivity index is 1.65. The lowest BCUT2D eigenvalue weighted by Crippen LogP contribution is -2.17. The summed E-state index contributed by atoms with van der Waals surface area (Å²) >= 11 is 0. The van der Waals surface area contributed by atoms with Gasteiger partial charge in [0.1, 0.15) is 11.5 Å². The zero-order valence-corrected chi connectivity index (χ0v) is 16.3. The fourth-order valence-electron chi connectivity index (χ4n) is 2.86. The molecule has 8 nitrogen and oxygen atoms in total. The highest BCUT2D eigenvalue weighted by Gasteiger charge is 2.18. The molecule has 1 aromatic heterocycles. The van der Waals surface area contributed by atoms with Gasteiger partial charge in [0.15, 0.2) is 5.78 Å². The number of nitro groups is 1. The van der Waals surface area contributed by atoms with Crippen molar-refractivity contribution < 1.29 is 14.5 Å². The molecular weight excluding hydrogens is 384 g/mol. The molecule has 1 heterocycles. The van der Waals surface area contributed by atoms with E-state index < -0.39 is 4.92 Å². The lowest BCUT2D eigenvalue weighted by atomic mass is 10.0. The summed E-state index contributed by atoms with van der Waals surface area (Å²) in [6, 6.07) is 18.1. The molecule has 0 aliphatic rings. The number of carbonyl (C=O) groups excluding carboxylic acids is 2. The minimum absolute atomic E-state index is 0.0947. The minimum atomic E-state index is -0.555. The lowest BCUT2D eigenvalue weighted by molar-refractivity contribution is -0.384. The number of carbonyl (C=O) groups is 2. The van der Waals surface area contributed by atoms with Crippen LogP contribution in [-0.4, -0.2) is 28.1 Å². The highest BCUT2D eigenvalue weighted by molar-refractivity contribution is 6.09. The van der Waals surface area contributed by atoms with Crippen LogP contribution in [0.15, 0.2) is 66.7 Å². The van der Waals surface area contributed by atoms with E-state index in [1.165, 1.54) is 18.2 Å². The van der Waals surface area contributed by atoms with E-state index in [-0.39, 0.29) is 41.6 Å². The Morgan fingerprint density at radius 3 is 2.47 bits per heavy atom. The van der Waals surface area contributed by atoms with Gasteiger partial charge in [0.05, 0.1) is 4.92 Å². The predicted octanol–water partition coefficient (Wildman–Crippen LogP) is 3.97. The molecule has 2 N–H and O–H groups in total. The van der Waals surface area contributed by atoms with E-state index in [0.29, 0.717) is 11.4 Å². The van der Waals surface area contributed by atoms with Crippen molar-refractivity contribution in [3.05, 3.63) is 93.7 Å². The van der Waals surface area contributed by atoms with Gasteiger partial charge in [0, 0.05) is 35.9 Å². The normalized spacial score (nSPS) is 10.3. The molecule has 0 saturated heterocycles. The van der Waals surface area contributed by atoms with E-state index in [1.54, 1.807) is 42.5 Å². The maximum Gasteiger partial charge on any atom is 0.293 e. The smallest absolute Gasteiger partial charge is 0.293 e. The summed E-state index contributed by atoms with van der Waals surface area (Å²) in [6.07, 6.45) is 0.0947. The van der Waals surface area contributed by atoms with Crippen molar-refractivity contribution in [3.63, 3.8) is 0 Å². The molecule has 0 aliphatic heterocycles. The summed E-state index contributed by atoms with van der Waals surface area (Å²) in [5, 5.41) is 17.0. The molecule has 0 atom stereocenters. The van der Waals surface area contributed by atoms with E-state index in [0.717, 1.165) is 5.69 Å². The van der Waals surface area contributed by atoms with Crippen molar-refractivity contribution in [2.75, 3.05) is 17.2 Å². The highest BCUT2D eigenvalue weighted by atomic mass is 16.6. The number of ketones is 1. The van der Waals surface area contributed by atoms with Crippen molar-refractivity contribution in [2.45, 2.75) is 13.3 Å². The van der Waals surface area contributed by atoms with Gasteiger partial charge in [-0.2, -0.15) is 0 Å². The summed E-state index contributed by atoms with van der Waals surface area (Å²) in [5.74, 6) is -0.107. The number of benzene rings is 2. The average molecular weight is 404 g/mol. The van der Waals surface area contributed by atoms with Crippen molar-refractivity contribution >= 4 is 28.9 Å². The van der Waals surface area contributed by atoms with E-state index in [1.807, 2.05) is 13.0 Å². The minimum Gasteiger partial charge on any atom is -0.379 e. The second kappa shape index (κ2) is 9.42. The quantitative estimate of drug-likeness (QED) is 0.334. The third kappa shape index (κ3) is 5.26. The third-order valence-electron chi connectivity index (χ3n) is 4.32. The van der Waals surface area contributed by atoms with Crippen LogP contribution in [-0.2, 0) is 4.79 Å². The first-order valence-corrected chi connectivity index (χ1v) is 9.29. The van der Waals surface area contributed by atoms with Crippen LogP contribution < -0.4 is 10.6 Å². The topological polar surface area (TPSA) is 114 Å². The standard InChI is InChI=1S/C22H20N4O4/c1-15-6-5-9-20(24-15)25-21(27)12-13-23-18-11-10-17(14-19(18)26(29)30)22(28)16-7-3-2-4-8-16/h2-11,14,23H,12-13H2,1H3,(H,24,25,27). The Hall–Kier alpha value is -4.07. The fraction of sp³-hybridized carbons (Fsp3) is 0.136. The Bertz CT molecular complexity index is 1080. The van der Waals surface area contributed by atoms with Gasteiger partial charge >= 0.3 is 0 Å². The van der Waals surface area contributed by atoms with Crippen LogP contribution in [0.1, 0.15) is 28.0 Å². The number of hydrogen-bond donors (Lipinski definition) is 2. The molecule has 3 rings (SSSR count). The van der Waals surface area contributed by atoms with Gasteiger partial charge in [-0.05, 0) is 31.2 Å². The molecule has 2 aromatic carbocycles. The first kappa shape index (κ1) is 20.7. The number of nitrogens with zero attached hydrogens (tertiary/aromatic N) is 2. The lowest BCUT2D eigenvalue weighted by Gasteiger charge is -2.09. The molecule has 3 aromatic rings. The Morgan fingerprint density at radius 2 is 1.77 bits per heavy atom. The van der Waals surface area contributed by atoms with Gasteiger partial charge in [0.2, 0.25) is 5.91 Å². The van der Waals surface area contributed by atoms with Crippen molar-refractivity contribution in [1.82, 2.24) is 4.98 Å². The molecule has 152 valence electrons. The maximum atomic E-state index is 12.5. The van der Waals surface area contributed by atoms with Crippen molar-refractivity contribution in [3.8, 4) is 0 Å². The molecule has 0 bridgehead atoms. The summed E-state index contributed by atoms with van der Waals surface area (Å²) in [4.78, 5) is 39.7. The Morgan fingerprint density at radius 1 is 1.00 bits per heavy atom. The van der Waals surface area contributed by atoms with Crippen LogP contribution in [0.5, 0.6) is 0 Å². The summed E-state index contributed by atoms with van der Waals surface area (Å²) in [7, 11) is 0. The number of pyridine rings is 1. The molecule has 0 saturated carbocycles. The molecule has 0 radical (unpaired) electrons. The summed E-state index contributed by atoms with van der Waals surface area (Å²) in [5.41, 5.74) is 1.48. The molecule has 0 unspecified atom stereocenters. The SMILES string of the molecule is Cc1cccc(NC(=O)CCNc2ccc(C(=O)c3ccccc3)cc2[N+](=O)[O-])n1. The largest absolute Gasteiger partial charge is 0.379 e. The number of nitro benzene ring substituents is 1. The molecule has 30 heavy (non-hydrogen) atoms. The van der Waals surface area contributed by atoms with Gasteiger partial charge in [-0.3, -0.25) is 19.7 Å².